The van der Waals surface area contributed by atoms with Gasteiger partial charge in [-0.15, -0.1) is 0 Å². The number of esters is 2. The average Bonchev–Trinajstić information content (AvgIpc) is 3.23. The molecule has 2 atom stereocenters. The Hall–Kier alpha value is -3.03. The van der Waals surface area contributed by atoms with E-state index >= 15 is 0 Å². The van der Waals surface area contributed by atoms with Crippen LogP contribution in [-0.4, -0.2) is 42.8 Å². The van der Waals surface area contributed by atoms with Crippen molar-refractivity contribution in [1.82, 2.24) is 0 Å². The van der Waals surface area contributed by atoms with Gasteiger partial charge in [0, 0.05) is 12.8 Å². The van der Waals surface area contributed by atoms with Gasteiger partial charge in [-0.1, -0.05) is 175 Å². The Balaban J connectivity index is 4.08. The second-order valence-corrected chi connectivity index (χ2v) is 16.5. The second-order valence-electron chi connectivity index (χ2n) is 15.0. The summed E-state index contributed by atoms with van der Waals surface area (Å²) in [4.78, 5) is 34.9. The van der Waals surface area contributed by atoms with Gasteiger partial charge in [-0.25, -0.2) is 4.57 Å². The first-order chi connectivity index (χ1) is 29.3. The minimum absolute atomic E-state index is 0.0100. The summed E-state index contributed by atoms with van der Waals surface area (Å²) in [6, 6.07) is 0. The Morgan fingerprint density at radius 1 is 0.450 bits per heavy atom. The number of carbonyl (C=O) groups excluding carboxylic acids is 2. The largest absolute Gasteiger partial charge is 0.472 e. The number of hydrogen-bond donors (Lipinski definition) is 1. The lowest BCUT2D eigenvalue weighted by molar-refractivity contribution is -0.161. The SMILES string of the molecule is CC/C=C\C/C=C\C/C=C\C/C=C\CCCCCCCCCCCCC(=O)OC(COC(=O)CCCCCC/C=C\C/C=C\C/C=C\C/C=C\CC)COP(=O)(O)OCC. The molecule has 342 valence electrons. The highest BCUT2D eigenvalue weighted by Crippen LogP contribution is 2.43. The standard InChI is InChI=1S/C51H85O8P/c1-4-7-9-11-13-15-17-19-21-23-24-25-26-27-28-30-32-34-36-38-40-42-44-46-51(53)59-49(48-58-60(54,55)57-6-3)47-56-50(52)45-43-41-39-37-35-33-31-29-22-20-18-16-14-12-10-8-5-2/h7-10,13-16,19-22,24-25,31,33,49H,4-6,11-12,17-18,23,26-30,32,34-48H2,1-3H3,(H,54,55)/b9-7-,10-8-,15-13-,16-14-,21-19-,22-20-,25-24-,33-31-. The number of allylic oxidation sites excluding steroid dienone is 16. The molecule has 0 amide bonds. The fraction of sp³-hybridized carbons (Fsp3) is 0.647. The van der Waals surface area contributed by atoms with Crippen molar-refractivity contribution in [3.8, 4) is 0 Å². The molecular formula is C51H85O8P. The molecule has 0 radical (unpaired) electrons. The van der Waals surface area contributed by atoms with Crippen molar-refractivity contribution >= 4 is 19.8 Å². The number of ether oxygens (including phenoxy) is 2. The van der Waals surface area contributed by atoms with E-state index in [0.29, 0.717) is 12.8 Å². The van der Waals surface area contributed by atoms with Crippen LogP contribution in [0.5, 0.6) is 0 Å². The van der Waals surface area contributed by atoms with Crippen LogP contribution in [0.2, 0.25) is 0 Å². The third kappa shape index (κ3) is 44.5. The van der Waals surface area contributed by atoms with E-state index in [0.717, 1.165) is 103 Å². The van der Waals surface area contributed by atoms with E-state index in [2.05, 4.69) is 111 Å². The van der Waals surface area contributed by atoms with E-state index in [1.807, 2.05) is 0 Å². The maximum absolute atomic E-state index is 12.6. The second kappa shape index (κ2) is 45.5. The Morgan fingerprint density at radius 3 is 1.20 bits per heavy atom. The quantitative estimate of drug-likeness (QED) is 0.0280. The lowest BCUT2D eigenvalue weighted by Gasteiger charge is -2.19. The Morgan fingerprint density at radius 2 is 0.800 bits per heavy atom. The van der Waals surface area contributed by atoms with Crippen molar-refractivity contribution in [1.29, 1.82) is 0 Å². The smallest absolute Gasteiger partial charge is 0.462 e. The zero-order valence-corrected chi connectivity index (χ0v) is 39.0. The lowest BCUT2D eigenvalue weighted by atomic mass is 10.0. The number of rotatable bonds is 42. The van der Waals surface area contributed by atoms with Crippen LogP contribution in [0.4, 0.5) is 0 Å². The highest BCUT2D eigenvalue weighted by atomic mass is 31.2. The summed E-state index contributed by atoms with van der Waals surface area (Å²) in [6.45, 7) is 5.21. The van der Waals surface area contributed by atoms with Crippen molar-refractivity contribution in [2.24, 2.45) is 0 Å². The molecule has 0 saturated heterocycles. The monoisotopic (exact) mass is 857 g/mol. The number of unbranched alkanes of at least 4 members (excludes halogenated alkanes) is 14. The van der Waals surface area contributed by atoms with E-state index in [1.165, 1.54) is 38.5 Å². The van der Waals surface area contributed by atoms with Crippen molar-refractivity contribution in [3.63, 3.8) is 0 Å². The summed E-state index contributed by atoms with van der Waals surface area (Å²) in [5.41, 5.74) is 0. The van der Waals surface area contributed by atoms with Gasteiger partial charge >= 0.3 is 19.8 Å². The van der Waals surface area contributed by atoms with Gasteiger partial charge in [0.2, 0.25) is 0 Å². The predicted octanol–water partition coefficient (Wildman–Crippen LogP) is 15.2. The molecule has 0 heterocycles. The van der Waals surface area contributed by atoms with Gasteiger partial charge in [0.15, 0.2) is 6.10 Å². The van der Waals surface area contributed by atoms with Crippen molar-refractivity contribution < 1.29 is 37.6 Å². The first-order valence-electron chi connectivity index (χ1n) is 23.5. The highest BCUT2D eigenvalue weighted by molar-refractivity contribution is 7.47. The topological polar surface area (TPSA) is 108 Å². The molecule has 1 N–H and O–H groups in total. The molecule has 0 aromatic heterocycles. The molecule has 0 aliphatic carbocycles. The number of phosphoric acid groups is 1. The van der Waals surface area contributed by atoms with Crippen LogP contribution in [0.1, 0.15) is 188 Å². The van der Waals surface area contributed by atoms with Crippen LogP contribution in [0, 0.1) is 0 Å². The van der Waals surface area contributed by atoms with Crippen LogP contribution in [0.25, 0.3) is 0 Å². The molecule has 0 bridgehead atoms. The lowest BCUT2D eigenvalue weighted by Crippen LogP contribution is -2.29. The molecular weight excluding hydrogens is 772 g/mol. The third-order valence-corrected chi connectivity index (χ3v) is 10.4. The summed E-state index contributed by atoms with van der Waals surface area (Å²) in [5, 5.41) is 0. The molecule has 0 fully saturated rings. The normalized spacial score (nSPS) is 14.1. The molecule has 0 saturated carbocycles. The van der Waals surface area contributed by atoms with E-state index in [9.17, 15) is 19.0 Å². The molecule has 0 spiro atoms. The van der Waals surface area contributed by atoms with Crippen molar-refractivity contribution in [3.05, 3.63) is 97.2 Å². The summed E-state index contributed by atoms with van der Waals surface area (Å²) in [6.07, 6.45) is 60.3. The van der Waals surface area contributed by atoms with Gasteiger partial charge in [0.1, 0.15) is 6.61 Å². The zero-order chi connectivity index (χ0) is 43.9. The molecule has 0 rings (SSSR count). The minimum Gasteiger partial charge on any atom is -0.462 e. The summed E-state index contributed by atoms with van der Waals surface area (Å²) in [7, 11) is -4.30. The molecule has 9 heteroatoms. The molecule has 0 aliphatic rings. The molecule has 0 aromatic carbocycles. The van der Waals surface area contributed by atoms with E-state index in [1.54, 1.807) is 6.92 Å². The van der Waals surface area contributed by atoms with Crippen LogP contribution >= 0.6 is 7.82 Å². The maximum Gasteiger partial charge on any atom is 0.472 e. The summed E-state index contributed by atoms with van der Waals surface area (Å²) < 4.78 is 32.7. The Bertz CT molecular complexity index is 1290. The van der Waals surface area contributed by atoms with Crippen LogP contribution < -0.4 is 0 Å². The Labute approximate surface area is 367 Å². The number of carbonyl (C=O) groups is 2. The first kappa shape index (κ1) is 57.0. The maximum atomic E-state index is 12.6. The van der Waals surface area contributed by atoms with Gasteiger partial charge in [0.25, 0.3) is 0 Å². The van der Waals surface area contributed by atoms with Gasteiger partial charge in [-0.3, -0.25) is 18.6 Å². The fourth-order valence-electron chi connectivity index (χ4n) is 6.02. The van der Waals surface area contributed by atoms with Gasteiger partial charge in [-0.2, -0.15) is 0 Å². The van der Waals surface area contributed by atoms with Crippen molar-refractivity contribution in [2.45, 2.75) is 194 Å². The van der Waals surface area contributed by atoms with Gasteiger partial charge in [0.05, 0.1) is 13.2 Å². The summed E-state index contributed by atoms with van der Waals surface area (Å²) >= 11 is 0. The predicted molar refractivity (Wildman–Crippen MR) is 253 cm³/mol. The van der Waals surface area contributed by atoms with Crippen LogP contribution in [-0.2, 0) is 32.7 Å². The summed E-state index contributed by atoms with van der Waals surface area (Å²) in [5.74, 6) is -0.837. The van der Waals surface area contributed by atoms with E-state index in [-0.39, 0.29) is 26.1 Å². The molecule has 0 aromatic rings. The third-order valence-electron chi connectivity index (χ3n) is 9.39. The molecule has 60 heavy (non-hydrogen) atoms. The molecule has 8 nitrogen and oxygen atoms in total. The highest BCUT2D eigenvalue weighted by Gasteiger charge is 2.25. The molecule has 0 aliphatic heterocycles. The zero-order valence-electron chi connectivity index (χ0n) is 38.1. The average molecular weight is 857 g/mol. The van der Waals surface area contributed by atoms with Crippen LogP contribution in [0.15, 0.2) is 97.2 Å². The first-order valence-corrected chi connectivity index (χ1v) is 25.0. The molecule has 2 unspecified atom stereocenters. The fourth-order valence-corrected chi connectivity index (χ4v) is 6.78. The number of phosphoric ester groups is 1. The van der Waals surface area contributed by atoms with E-state index < -0.39 is 32.5 Å². The Kier molecular flexibility index (Phi) is 43.2. The van der Waals surface area contributed by atoms with E-state index in [4.69, 9.17) is 18.5 Å². The van der Waals surface area contributed by atoms with Gasteiger partial charge in [-0.05, 0) is 96.8 Å². The van der Waals surface area contributed by atoms with Crippen LogP contribution in [0.3, 0.4) is 0 Å². The van der Waals surface area contributed by atoms with Gasteiger partial charge < -0.3 is 14.4 Å². The minimum atomic E-state index is -4.30. The number of hydrogen-bond acceptors (Lipinski definition) is 7. The van der Waals surface area contributed by atoms with Crippen molar-refractivity contribution in [2.75, 3.05) is 19.8 Å².